The average Bonchev–Trinajstić information content (AvgIpc) is 2.38. The maximum atomic E-state index is 11.2. The molecule has 1 aromatic heterocycles. The fourth-order valence-corrected chi connectivity index (χ4v) is 4.33. The Morgan fingerprint density at radius 2 is 1.64 bits per heavy atom. The zero-order valence-electron chi connectivity index (χ0n) is 6.64. The van der Waals surface area contributed by atoms with E-state index in [-0.39, 0.29) is 0 Å². The molecule has 0 amide bonds. The average molecular weight is 186 g/mol. The van der Waals surface area contributed by atoms with Crippen molar-refractivity contribution in [2.45, 2.75) is 25.4 Å². The Morgan fingerprint density at radius 3 is 2.09 bits per heavy atom. The highest BCUT2D eigenvalue weighted by atomic mass is 32.2. The number of hydrogen-bond acceptors (Lipinski definition) is 2. The second-order valence-corrected chi connectivity index (χ2v) is 5.79. The van der Waals surface area contributed by atoms with E-state index in [1.54, 1.807) is 0 Å². The molecule has 0 N–H and O–H groups in total. The minimum Gasteiger partial charge on any atom is -0.259 e. The fraction of sp³-hybridized carbons (Fsp3) is 0.500. The molecule has 1 aliphatic heterocycles. The van der Waals surface area contributed by atoms with Gasteiger partial charge in [0, 0.05) is 20.6 Å². The van der Waals surface area contributed by atoms with Gasteiger partial charge in [-0.25, -0.2) is 0 Å². The lowest BCUT2D eigenvalue weighted by atomic mass is 10.2. The Morgan fingerprint density at radius 1 is 1.18 bits per heavy atom. The molecular weight excluding hydrogens is 176 g/mol. The van der Waals surface area contributed by atoms with E-state index in [1.165, 1.54) is 20.9 Å². The highest BCUT2D eigenvalue weighted by Gasteiger charge is 2.22. The molecule has 0 bridgehead atoms. The summed E-state index contributed by atoms with van der Waals surface area (Å²) < 4.78 is 11.2. The lowest BCUT2D eigenvalue weighted by molar-refractivity contribution is 0.684. The van der Waals surface area contributed by atoms with Crippen molar-refractivity contribution in [3.63, 3.8) is 0 Å². The maximum Gasteiger partial charge on any atom is 0.0503 e. The summed E-state index contributed by atoms with van der Waals surface area (Å²) in [6.07, 6.45) is 0. The van der Waals surface area contributed by atoms with Crippen LogP contribution in [0.5, 0.6) is 0 Å². The minimum absolute atomic E-state index is 0.602. The first kappa shape index (κ1) is 7.50. The molecular formula is C8H10OS2. The summed E-state index contributed by atoms with van der Waals surface area (Å²) in [7, 11) is -0.602. The summed E-state index contributed by atoms with van der Waals surface area (Å²) in [5.74, 6) is 1.59. The van der Waals surface area contributed by atoms with E-state index in [2.05, 4.69) is 13.8 Å². The number of thiophene rings is 1. The molecule has 0 atom stereocenters. The van der Waals surface area contributed by atoms with E-state index in [0.29, 0.717) is 0 Å². The summed E-state index contributed by atoms with van der Waals surface area (Å²) in [5.41, 5.74) is 2.73. The van der Waals surface area contributed by atoms with Gasteiger partial charge in [0.25, 0.3) is 0 Å². The van der Waals surface area contributed by atoms with Crippen molar-refractivity contribution in [1.82, 2.24) is 0 Å². The van der Waals surface area contributed by atoms with Gasteiger partial charge in [0.2, 0.25) is 0 Å². The van der Waals surface area contributed by atoms with Crippen LogP contribution in [0.2, 0.25) is 0 Å². The van der Waals surface area contributed by atoms with Crippen molar-refractivity contribution in [3.8, 4) is 0 Å². The highest BCUT2D eigenvalue weighted by molar-refractivity contribution is 7.83. The predicted octanol–water partition coefficient (Wildman–Crippen LogP) is 2.13. The van der Waals surface area contributed by atoms with Gasteiger partial charge in [-0.1, -0.05) is 0 Å². The number of fused-ring (bicyclic) bond motifs is 1. The smallest absolute Gasteiger partial charge is 0.0503 e. The lowest BCUT2D eigenvalue weighted by Crippen LogP contribution is -1.85. The number of rotatable bonds is 0. The molecule has 60 valence electrons. The number of hydrogen-bond donors (Lipinski definition) is 0. The summed E-state index contributed by atoms with van der Waals surface area (Å²) in [5, 5.41) is 0. The molecule has 1 aliphatic rings. The van der Waals surface area contributed by atoms with Gasteiger partial charge in [0.1, 0.15) is 0 Å². The Labute approximate surface area is 72.9 Å². The van der Waals surface area contributed by atoms with Crippen LogP contribution in [-0.2, 0) is 22.3 Å². The molecule has 11 heavy (non-hydrogen) atoms. The van der Waals surface area contributed by atoms with E-state index in [4.69, 9.17) is 0 Å². The van der Waals surface area contributed by atoms with Crippen molar-refractivity contribution in [1.29, 1.82) is 0 Å². The highest BCUT2D eigenvalue weighted by Crippen LogP contribution is 2.34. The molecule has 0 radical (unpaired) electrons. The van der Waals surface area contributed by atoms with Gasteiger partial charge in [-0.3, -0.25) is 4.21 Å². The first-order valence-electron chi connectivity index (χ1n) is 3.61. The topological polar surface area (TPSA) is 17.1 Å². The quantitative estimate of drug-likeness (QED) is 0.606. The monoisotopic (exact) mass is 186 g/mol. The van der Waals surface area contributed by atoms with Crippen LogP contribution in [0.15, 0.2) is 0 Å². The normalized spacial score (nSPS) is 17.3. The molecule has 1 nitrogen and oxygen atoms in total. The first-order valence-corrected chi connectivity index (χ1v) is 5.91. The van der Waals surface area contributed by atoms with Crippen LogP contribution in [-0.4, -0.2) is 4.21 Å². The molecule has 0 spiro atoms. The molecule has 0 aromatic carbocycles. The van der Waals surface area contributed by atoms with Gasteiger partial charge in [-0.2, -0.15) is 0 Å². The van der Waals surface area contributed by atoms with Crippen molar-refractivity contribution < 1.29 is 4.21 Å². The van der Waals surface area contributed by atoms with Crippen LogP contribution < -0.4 is 0 Å². The van der Waals surface area contributed by atoms with Crippen LogP contribution in [0.4, 0.5) is 0 Å². The Balaban J connectivity index is 2.59. The summed E-state index contributed by atoms with van der Waals surface area (Å²) in [4.78, 5) is 2.73. The van der Waals surface area contributed by atoms with Gasteiger partial charge in [-0.15, -0.1) is 11.3 Å². The van der Waals surface area contributed by atoms with Crippen molar-refractivity contribution in [2.75, 3.05) is 0 Å². The van der Waals surface area contributed by atoms with Crippen LogP contribution in [0.1, 0.15) is 20.9 Å². The molecule has 2 heterocycles. The summed E-state index contributed by atoms with van der Waals surface area (Å²) >= 11 is 1.84. The molecule has 0 saturated heterocycles. The summed E-state index contributed by atoms with van der Waals surface area (Å²) in [6, 6.07) is 0. The second kappa shape index (κ2) is 2.42. The zero-order valence-corrected chi connectivity index (χ0v) is 8.27. The number of aryl methyl sites for hydroxylation is 2. The predicted molar refractivity (Wildman–Crippen MR) is 49.3 cm³/mol. The molecule has 2 rings (SSSR count). The molecule has 0 saturated carbocycles. The Hall–Kier alpha value is -0.150. The first-order chi connectivity index (χ1) is 5.18. The van der Waals surface area contributed by atoms with Crippen LogP contribution >= 0.6 is 11.3 Å². The van der Waals surface area contributed by atoms with Gasteiger partial charge in [0.15, 0.2) is 0 Å². The van der Waals surface area contributed by atoms with Gasteiger partial charge in [0.05, 0.1) is 11.5 Å². The second-order valence-electron chi connectivity index (χ2n) is 2.90. The maximum absolute atomic E-state index is 11.2. The lowest BCUT2D eigenvalue weighted by Gasteiger charge is -1.87. The van der Waals surface area contributed by atoms with Gasteiger partial charge < -0.3 is 0 Å². The van der Waals surface area contributed by atoms with Gasteiger partial charge >= 0.3 is 0 Å². The van der Waals surface area contributed by atoms with E-state index >= 15 is 0 Å². The van der Waals surface area contributed by atoms with Crippen LogP contribution in [0.3, 0.4) is 0 Å². The molecule has 1 aromatic rings. The van der Waals surface area contributed by atoms with E-state index in [0.717, 1.165) is 11.5 Å². The minimum atomic E-state index is -0.602. The molecule has 0 fully saturated rings. The third kappa shape index (κ3) is 1.07. The Bertz CT molecular complexity index is 297. The molecule has 0 unspecified atom stereocenters. The van der Waals surface area contributed by atoms with Crippen LogP contribution in [0, 0.1) is 13.8 Å². The van der Waals surface area contributed by atoms with E-state index in [9.17, 15) is 4.21 Å². The molecule has 0 aliphatic carbocycles. The zero-order chi connectivity index (χ0) is 8.01. The largest absolute Gasteiger partial charge is 0.259 e. The third-order valence-electron chi connectivity index (χ3n) is 2.13. The van der Waals surface area contributed by atoms with E-state index < -0.39 is 10.8 Å². The van der Waals surface area contributed by atoms with E-state index in [1.807, 2.05) is 11.3 Å². The fourth-order valence-electron chi connectivity index (χ4n) is 1.53. The third-order valence-corrected chi connectivity index (χ3v) is 4.46. The standard InChI is InChI=1S/C8H10OS2/c1-5-7-3-11(9)4-8(7)6(2)10-5/h3-4H2,1-2H3. The summed E-state index contributed by atoms with van der Waals surface area (Å²) in [6.45, 7) is 4.25. The molecule has 3 heteroatoms. The van der Waals surface area contributed by atoms with Crippen LogP contribution in [0.25, 0.3) is 0 Å². The SMILES string of the molecule is Cc1sc(C)c2c1CS(=O)C2. The Kier molecular flexibility index (Phi) is 1.65. The van der Waals surface area contributed by atoms with Crippen molar-refractivity contribution in [3.05, 3.63) is 20.9 Å². The van der Waals surface area contributed by atoms with Crippen molar-refractivity contribution in [2.24, 2.45) is 0 Å². The van der Waals surface area contributed by atoms with Gasteiger partial charge in [-0.05, 0) is 25.0 Å². The van der Waals surface area contributed by atoms with Crippen molar-refractivity contribution >= 4 is 22.1 Å².